The van der Waals surface area contributed by atoms with Crippen molar-refractivity contribution < 1.29 is 4.92 Å². The lowest BCUT2D eigenvalue weighted by atomic mass is 10.1. The number of nitro benzene ring substituents is 1. The van der Waals surface area contributed by atoms with Crippen LogP contribution in [0.2, 0.25) is 0 Å². The zero-order valence-corrected chi connectivity index (χ0v) is 12.8. The third-order valence-electron chi connectivity index (χ3n) is 3.10. The molecule has 20 heavy (non-hydrogen) atoms. The maximum absolute atomic E-state index is 11.0. The van der Waals surface area contributed by atoms with Gasteiger partial charge in [-0.3, -0.25) is 15.1 Å². The Bertz CT molecular complexity index is 659. The standard InChI is InChI=1S/C14H14BrN3O2/c1-9-3-4-16-7-11(9)8-17-13-6-14(18(19)20)10(2)5-12(13)15/h3-7,17H,8H2,1-2H3. The van der Waals surface area contributed by atoms with Crippen LogP contribution in [0.4, 0.5) is 11.4 Å². The van der Waals surface area contributed by atoms with Crippen molar-refractivity contribution in [1.82, 2.24) is 4.98 Å². The lowest BCUT2D eigenvalue weighted by molar-refractivity contribution is -0.385. The van der Waals surface area contributed by atoms with Crippen molar-refractivity contribution in [2.75, 3.05) is 5.32 Å². The Labute approximate surface area is 125 Å². The van der Waals surface area contributed by atoms with Crippen LogP contribution < -0.4 is 5.32 Å². The molecule has 0 unspecified atom stereocenters. The van der Waals surface area contributed by atoms with Gasteiger partial charge in [0.1, 0.15) is 0 Å². The fourth-order valence-corrected chi connectivity index (χ4v) is 2.46. The molecule has 0 fully saturated rings. The minimum Gasteiger partial charge on any atom is -0.380 e. The number of halogens is 1. The third-order valence-corrected chi connectivity index (χ3v) is 3.76. The van der Waals surface area contributed by atoms with Crippen LogP contribution in [0.15, 0.2) is 35.1 Å². The lowest BCUT2D eigenvalue weighted by Gasteiger charge is -2.11. The number of nitrogens with one attached hydrogen (secondary N) is 1. The Hall–Kier alpha value is -1.95. The zero-order chi connectivity index (χ0) is 14.7. The minimum atomic E-state index is -0.373. The van der Waals surface area contributed by atoms with Gasteiger partial charge in [-0.05, 0) is 53.0 Å². The highest BCUT2D eigenvalue weighted by Gasteiger charge is 2.14. The maximum atomic E-state index is 11.0. The number of hydrogen-bond acceptors (Lipinski definition) is 4. The van der Waals surface area contributed by atoms with Crippen LogP contribution in [0.3, 0.4) is 0 Å². The van der Waals surface area contributed by atoms with Crippen molar-refractivity contribution >= 4 is 27.3 Å². The summed E-state index contributed by atoms with van der Waals surface area (Å²) >= 11 is 3.42. The molecule has 0 spiro atoms. The van der Waals surface area contributed by atoms with Crippen LogP contribution in [0.5, 0.6) is 0 Å². The van der Waals surface area contributed by atoms with E-state index in [2.05, 4.69) is 26.2 Å². The summed E-state index contributed by atoms with van der Waals surface area (Å²) in [6.07, 6.45) is 3.53. The Morgan fingerprint density at radius 1 is 1.35 bits per heavy atom. The Morgan fingerprint density at radius 3 is 2.75 bits per heavy atom. The second-order valence-corrected chi connectivity index (χ2v) is 5.39. The van der Waals surface area contributed by atoms with Gasteiger partial charge in [-0.25, -0.2) is 0 Å². The molecule has 0 aliphatic rings. The van der Waals surface area contributed by atoms with E-state index in [4.69, 9.17) is 0 Å². The Morgan fingerprint density at radius 2 is 2.10 bits per heavy atom. The van der Waals surface area contributed by atoms with Crippen LogP contribution in [0, 0.1) is 24.0 Å². The first kappa shape index (κ1) is 14.5. The number of benzene rings is 1. The van der Waals surface area contributed by atoms with Crippen molar-refractivity contribution in [3.8, 4) is 0 Å². The van der Waals surface area contributed by atoms with E-state index >= 15 is 0 Å². The fourth-order valence-electron chi connectivity index (χ4n) is 1.87. The predicted octanol–water partition coefficient (Wildman–Crippen LogP) is 3.98. The van der Waals surface area contributed by atoms with Gasteiger partial charge in [-0.1, -0.05) is 0 Å². The van der Waals surface area contributed by atoms with Crippen molar-refractivity contribution in [3.63, 3.8) is 0 Å². The van der Waals surface area contributed by atoms with Crippen LogP contribution in [0.25, 0.3) is 0 Å². The van der Waals surface area contributed by atoms with Crippen LogP contribution in [0.1, 0.15) is 16.7 Å². The second kappa shape index (κ2) is 6.00. The summed E-state index contributed by atoms with van der Waals surface area (Å²) in [4.78, 5) is 14.7. The number of hydrogen-bond donors (Lipinski definition) is 1. The number of aromatic nitrogens is 1. The van der Waals surface area contributed by atoms with Gasteiger partial charge in [0.15, 0.2) is 0 Å². The summed E-state index contributed by atoms with van der Waals surface area (Å²) in [6.45, 7) is 4.29. The van der Waals surface area contributed by atoms with E-state index in [0.717, 1.165) is 15.6 Å². The molecule has 0 bridgehead atoms. The highest BCUT2D eigenvalue weighted by atomic mass is 79.9. The molecule has 2 rings (SSSR count). The van der Waals surface area contributed by atoms with Gasteiger partial charge in [0.25, 0.3) is 5.69 Å². The highest BCUT2D eigenvalue weighted by Crippen LogP contribution is 2.31. The molecule has 0 atom stereocenters. The number of anilines is 1. The molecule has 1 aromatic heterocycles. The number of rotatable bonds is 4. The van der Waals surface area contributed by atoms with E-state index in [1.54, 1.807) is 31.5 Å². The molecule has 0 saturated carbocycles. The number of pyridine rings is 1. The topological polar surface area (TPSA) is 68.1 Å². The minimum absolute atomic E-state index is 0.110. The van der Waals surface area contributed by atoms with E-state index in [-0.39, 0.29) is 10.6 Å². The first-order valence-electron chi connectivity index (χ1n) is 6.07. The number of nitro groups is 1. The molecule has 1 aromatic carbocycles. The predicted molar refractivity (Wildman–Crippen MR) is 81.8 cm³/mol. The van der Waals surface area contributed by atoms with Crippen molar-refractivity contribution in [1.29, 1.82) is 0 Å². The fraction of sp³-hybridized carbons (Fsp3) is 0.214. The van der Waals surface area contributed by atoms with Crippen LogP contribution >= 0.6 is 15.9 Å². The third kappa shape index (κ3) is 3.14. The molecule has 0 aliphatic heterocycles. The molecular weight excluding hydrogens is 322 g/mol. The van der Waals surface area contributed by atoms with Crippen LogP contribution in [-0.4, -0.2) is 9.91 Å². The Balaban J connectivity index is 2.24. The largest absolute Gasteiger partial charge is 0.380 e. The quantitative estimate of drug-likeness (QED) is 0.677. The molecule has 1 N–H and O–H groups in total. The molecule has 0 saturated heterocycles. The summed E-state index contributed by atoms with van der Waals surface area (Å²) in [6, 6.07) is 5.23. The van der Waals surface area contributed by atoms with Gasteiger partial charge in [0, 0.05) is 35.0 Å². The van der Waals surface area contributed by atoms with E-state index in [0.29, 0.717) is 17.8 Å². The van der Waals surface area contributed by atoms with Crippen molar-refractivity contribution in [3.05, 3.63) is 61.9 Å². The average molecular weight is 336 g/mol. The van der Waals surface area contributed by atoms with E-state index < -0.39 is 0 Å². The van der Waals surface area contributed by atoms with Gasteiger partial charge in [-0.2, -0.15) is 0 Å². The monoisotopic (exact) mass is 335 g/mol. The summed E-state index contributed by atoms with van der Waals surface area (Å²) in [5, 5.41) is 14.2. The summed E-state index contributed by atoms with van der Waals surface area (Å²) in [7, 11) is 0. The van der Waals surface area contributed by atoms with Crippen molar-refractivity contribution in [2.24, 2.45) is 0 Å². The van der Waals surface area contributed by atoms with E-state index in [1.165, 1.54) is 0 Å². The summed E-state index contributed by atoms with van der Waals surface area (Å²) < 4.78 is 0.808. The SMILES string of the molecule is Cc1ccncc1CNc1cc([N+](=O)[O-])c(C)cc1Br. The maximum Gasteiger partial charge on any atom is 0.274 e. The summed E-state index contributed by atoms with van der Waals surface area (Å²) in [5.41, 5.74) is 3.63. The first-order chi connectivity index (χ1) is 9.49. The molecule has 5 nitrogen and oxygen atoms in total. The van der Waals surface area contributed by atoms with Gasteiger partial charge in [-0.15, -0.1) is 0 Å². The Kier molecular flexibility index (Phi) is 4.34. The molecular formula is C14H14BrN3O2. The molecule has 104 valence electrons. The van der Waals surface area contributed by atoms with Gasteiger partial charge in [0.05, 0.1) is 10.6 Å². The van der Waals surface area contributed by atoms with Gasteiger partial charge >= 0.3 is 0 Å². The van der Waals surface area contributed by atoms with E-state index in [9.17, 15) is 10.1 Å². The number of aryl methyl sites for hydroxylation is 2. The smallest absolute Gasteiger partial charge is 0.274 e. The molecule has 6 heteroatoms. The normalized spacial score (nSPS) is 10.3. The highest BCUT2D eigenvalue weighted by molar-refractivity contribution is 9.10. The van der Waals surface area contributed by atoms with Crippen molar-refractivity contribution in [2.45, 2.75) is 20.4 Å². The van der Waals surface area contributed by atoms with Gasteiger partial charge < -0.3 is 5.32 Å². The molecule has 0 radical (unpaired) electrons. The summed E-state index contributed by atoms with van der Waals surface area (Å²) in [5.74, 6) is 0. The molecule has 0 aliphatic carbocycles. The molecule has 2 aromatic rings. The second-order valence-electron chi connectivity index (χ2n) is 4.53. The van der Waals surface area contributed by atoms with E-state index in [1.807, 2.05) is 13.0 Å². The van der Waals surface area contributed by atoms with Gasteiger partial charge in [0.2, 0.25) is 0 Å². The number of nitrogens with zero attached hydrogens (tertiary/aromatic N) is 2. The molecule has 1 heterocycles. The first-order valence-corrected chi connectivity index (χ1v) is 6.86. The molecule has 0 amide bonds. The lowest BCUT2D eigenvalue weighted by Crippen LogP contribution is -2.03. The average Bonchev–Trinajstić information content (AvgIpc) is 2.39. The van der Waals surface area contributed by atoms with Crippen LogP contribution in [-0.2, 0) is 6.54 Å². The zero-order valence-electron chi connectivity index (χ0n) is 11.2.